The maximum absolute atomic E-state index is 5.81. The SMILES string of the molecule is c1ccc2c(CN3CCc4c([nH]c5ccccc45)C3c3ccc4c(c3)CCO4)cccc2c1. The molecule has 0 radical (unpaired) electrons. The molecule has 0 saturated carbocycles. The largest absolute Gasteiger partial charge is 0.493 e. The van der Waals surface area contributed by atoms with Gasteiger partial charge in [0, 0.05) is 36.1 Å². The molecule has 0 aliphatic carbocycles. The minimum atomic E-state index is 0.200. The van der Waals surface area contributed by atoms with Crippen molar-refractivity contribution in [3.63, 3.8) is 0 Å². The van der Waals surface area contributed by atoms with Gasteiger partial charge in [-0.1, -0.05) is 72.8 Å². The summed E-state index contributed by atoms with van der Waals surface area (Å²) in [7, 11) is 0. The maximum Gasteiger partial charge on any atom is 0.122 e. The lowest BCUT2D eigenvalue weighted by atomic mass is 9.90. The molecule has 0 amide bonds. The average molecular weight is 431 g/mol. The summed E-state index contributed by atoms with van der Waals surface area (Å²) in [5.41, 5.74) is 8.14. The molecule has 33 heavy (non-hydrogen) atoms. The molecular weight excluding hydrogens is 404 g/mol. The molecule has 3 heterocycles. The predicted octanol–water partition coefficient (Wildman–Crippen LogP) is 6.40. The molecule has 0 saturated heterocycles. The van der Waals surface area contributed by atoms with Crippen molar-refractivity contribution in [2.24, 2.45) is 0 Å². The summed E-state index contributed by atoms with van der Waals surface area (Å²) in [5.74, 6) is 1.05. The Hall–Kier alpha value is -3.56. The smallest absolute Gasteiger partial charge is 0.122 e. The minimum Gasteiger partial charge on any atom is -0.493 e. The molecule has 1 atom stereocenters. The van der Waals surface area contributed by atoms with Gasteiger partial charge < -0.3 is 9.72 Å². The first kappa shape index (κ1) is 19.0. The first-order chi connectivity index (χ1) is 16.3. The van der Waals surface area contributed by atoms with Gasteiger partial charge in [0.2, 0.25) is 0 Å². The fourth-order valence-electron chi connectivity index (χ4n) is 5.86. The van der Waals surface area contributed by atoms with E-state index in [9.17, 15) is 0 Å². The number of hydrogen-bond donors (Lipinski definition) is 1. The van der Waals surface area contributed by atoms with Crippen LogP contribution in [-0.2, 0) is 19.4 Å². The highest BCUT2D eigenvalue weighted by atomic mass is 16.5. The average Bonchev–Trinajstić information content (AvgIpc) is 3.48. The summed E-state index contributed by atoms with van der Waals surface area (Å²) in [6.45, 7) is 2.76. The Morgan fingerprint density at radius 3 is 2.67 bits per heavy atom. The van der Waals surface area contributed by atoms with Crippen molar-refractivity contribution in [1.29, 1.82) is 0 Å². The van der Waals surface area contributed by atoms with Crippen LogP contribution in [0.2, 0.25) is 0 Å². The van der Waals surface area contributed by atoms with Crippen molar-refractivity contribution in [1.82, 2.24) is 9.88 Å². The van der Waals surface area contributed by atoms with E-state index in [2.05, 4.69) is 94.8 Å². The molecular formula is C30H26N2O. The normalized spacial score (nSPS) is 17.8. The number of fused-ring (bicyclic) bond motifs is 5. The molecule has 162 valence electrons. The Balaban J connectivity index is 1.37. The van der Waals surface area contributed by atoms with Gasteiger partial charge in [-0.2, -0.15) is 0 Å². The molecule has 4 aromatic carbocycles. The lowest BCUT2D eigenvalue weighted by Gasteiger charge is -2.36. The monoisotopic (exact) mass is 430 g/mol. The van der Waals surface area contributed by atoms with Crippen LogP contribution in [0.3, 0.4) is 0 Å². The molecule has 0 spiro atoms. The standard InChI is InChI=1S/C30H26N2O/c1-2-9-24-20(6-1)7-5-8-23(24)19-32-16-14-26-25-10-3-4-11-27(25)31-29(26)30(32)22-12-13-28-21(18-22)15-17-33-28/h1-13,18,30-31H,14-17,19H2. The van der Waals surface area contributed by atoms with Gasteiger partial charge in [0.05, 0.1) is 12.6 Å². The van der Waals surface area contributed by atoms with Gasteiger partial charge in [0.25, 0.3) is 0 Å². The van der Waals surface area contributed by atoms with E-state index in [-0.39, 0.29) is 6.04 Å². The molecule has 3 nitrogen and oxygen atoms in total. The van der Waals surface area contributed by atoms with E-state index in [1.165, 1.54) is 49.6 Å². The van der Waals surface area contributed by atoms with Crippen LogP contribution in [-0.4, -0.2) is 23.0 Å². The van der Waals surface area contributed by atoms with Crippen molar-refractivity contribution in [2.45, 2.75) is 25.4 Å². The number of aromatic nitrogens is 1. The van der Waals surface area contributed by atoms with Crippen LogP contribution in [0.5, 0.6) is 5.75 Å². The van der Waals surface area contributed by atoms with Gasteiger partial charge in [-0.15, -0.1) is 0 Å². The molecule has 1 aromatic heterocycles. The van der Waals surface area contributed by atoms with Crippen molar-refractivity contribution in [3.8, 4) is 5.75 Å². The van der Waals surface area contributed by atoms with E-state index in [4.69, 9.17) is 4.74 Å². The second-order valence-electron chi connectivity index (χ2n) is 9.29. The van der Waals surface area contributed by atoms with Crippen LogP contribution in [0.25, 0.3) is 21.7 Å². The Labute approximate surface area is 193 Å². The first-order valence-electron chi connectivity index (χ1n) is 11.9. The van der Waals surface area contributed by atoms with E-state index in [1.54, 1.807) is 0 Å². The Morgan fingerprint density at radius 2 is 1.70 bits per heavy atom. The lowest BCUT2D eigenvalue weighted by Crippen LogP contribution is -2.35. The zero-order chi connectivity index (χ0) is 21.8. The van der Waals surface area contributed by atoms with Crippen LogP contribution in [0.4, 0.5) is 0 Å². The lowest BCUT2D eigenvalue weighted by molar-refractivity contribution is 0.202. The first-order valence-corrected chi connectivity index (χ1v) is 11.9. The molecule has 0 bridgehead atoms. The number of nitrogens with zero attached hydrogens (tertiary/aromatic N) is 1. The third-order valence-corrected chi connectivity index (χ3v) is 7.42. The number of aromatic amines is 1. The van der Waals surface area contributed by atoms with Gasteiger partial charge in [-0.3, -0.25) is 4.90 Å². The molecule has 0 fully saturated rings. The number of H-pyrrole nitrogens is 1. The van der Waals surface area contributed by atoms with Gasteiger partial charge >= 0.3 is 0 Å². The number of ether oxygens (including phenoxy) is 1. The van der Waals surface area contributed by atoms with Crippen LogP contribution >= 0.6 is 0 Å². The van der Waals surface area contributed by atoms with Crippen molar-refractivity contribution >= 4 is 21.7 Å². The van der Waals surface area contributed by atoms with E-state index in [1.807, 2.05) is 0 Å². The van der Waals surface area contributed by atoms with Gasteiger partial charge in [0.1, 0.15) is 5.75 Å². The molecule has 3 heteroatoms. The quantitative estimate of drug-likeness (QED) is 0.359. The fourth-order valence-corrected chi connectivity index (χ4v) is 5.86. The van der Waals surface area contributed by atoms with E-state index < -0.39 is 0 Å². The van der Waals surface area contributed by atoms with E-state index >= 15 is 0 Å². The summed E-state index contributed by atoms with van der Waals surface area (Å²) in [5, 5.41) is 4.03. The number of rotatable bonds is 3. The fraction of sp³-hybridized carbons (Fsp3) is 0.200. The number of para-hydroxylation sites is 1. The second kappa shape index (κ2) is 7.50. The zero-order valence-corrected chi connectivity index (χ0v) is 18.6. The van der Waals surface area contributed by atoms with Crippen molar-refractivity contribution < 1.29 is 4.74 Å². The Bertz CT molecular complexity index is 1490. The summed E-state index contributed by atoms with van der Waals surface area (Å²) in [4.78, 5) is 6.46. The Morgan fingerprint density at radius 1 is 0.848 bits per heavy atom. The van der Waals surface area contributed by atoms with Crippen LogP contribution in [0.15, 0.2) is 84.9 Å². The van der Waals surface area contributed by atoms with Crippen LogP contribution in [0.1, 0.15) is 34.0 Å². The van der Waals surface area contributed by atoms with Crippen molar-refractivity contribution in [2.75, 3.05) is 13.2 Å². The van der Waals surface area contributed by atoms with Crippen LogP contribution < -0.4 is 4.74 Å². The highest BCUT2D eigenvalue weighted by Gasteiger charge is 2.32. The summed E-state index contributed by atoms with van der Waals surface area (Å²) in [6.07, 6.45) is 2.06. The number of hydrogen-bond acceptors (Lipinski definition) is 2. The van der Waals surface area contributed by atoms with Gasteiger partial charge in [-0.05, 0) is 51.6 Å². The third kappa shape index (κ3) is 3.07. The zero-order valence-electron chi connectivity index (χ0n) is 18.6. The molecule has 2 aliphatic rings. The van der Waals surface area contributed by atoms with Gasteiger partial charge in [0.15, 0.2) is 0 Å². The maximum atomic E-state index is 5.81. The number of nitrogens with one attached hydrogen (secondary N) is 1. The summed E-state index contributed by atoms with van der Waals surface area (Å²) < 4.78 is 5.81. The van der Waals surface area contributed by atoms with Crippen LogP contribution in [0, 0.1) is 0 Å². The minimum absolute atomic E-state index is 0.200. The summed E-state index contributed by atoms with van der Waals surface area (Å²) in [6, 6.07) is 31.2. The highest BCUT2D eigenvalue weighted by Crippen LogP contribution is 2.41. The third-order valence-electron chi connectivity index (χ3n) is 7.42. The van der Waals surface area contributed by atoms with E-state index in [0.29, 0.717) is 0 Å². The topological polar surface area (TPSA) is 28.3 Å². The molecule has 2 aliphatic heterocycles. The highest BCUT2D eigenvalue weighted by molar-refractivity contribution is 5.86. The summed E-state index contributed by atoms with van der Waals surface area (Å²) >= 11 is 0. The van der Waals surface area contributed by atoms with Crippen molar-refractivity contribution in [3.05, 3.63) is 113 Å². The molecule has 1 N–H and O–H groups in total. The second-order valence-corrected chi connectivity index (χ2v) is 9.29. The van der Waals surface area contributed by atoms with Gasteiger partial charge in [-0.25, -0.2) is 0 Å². The van der Waals surface area contributed by atoms with E-state index in [0.717, 1.165) is 38.3 Å². The molecule has 1 unspecified atom stereocenters. The predicted molar refractivity (Wildman–Crippen MR) is 134 cm³/mol. The Kier molecular flexibility index (Phi) is 4.31. The number of benzene rings is 4. The molecule has 7 rings (SSSR count). The molecule has 5 aromatic rings.